The zero-order chi connectivity index (χ0) is 16.8. The second-order valence-electron chi connectivity index (χ2n) is 5.47. The number of nitrogens with one attached hydrogen (secondary N) is 1. The molecule has 0 aliphatic carbocycles. The maximum absolute atomic E-state index is 12.6. The van der Waals surface area contributed by atoms with Crippen molar-refractivity contribution >= 4 is 5.91 Å². The highest BCUT2D eigenvalue weighted by Gasteiger charge is 2.15. The first-order valence-electron chi connectivity index (χ1n) is 7.95. The van der Waals surface area contributed by atoms with Crippen molar-refractivity contribution in [3.05, 3.63) is 72.4 Å². The smallest absolute Gasteiger partial charge is 0.251 e. The van der Waals surface area contributed by atoms with Gasteiger partial charge in [0.1, 0.15) is 12.7 Å². The summed E-state index contributed by atoms with van der Waals surface area (Å²) in [5.41, 5.74) is 1.66. The van der Waals surface area contributed by atoms with Gasteiger partial charge in [-0.05, 0) is 24.1 Å². The molecule has 2 heterocycles. The number of carbonyl (C=O) groups is 1. The van der Waals surface area contributed by atoms with Crippen LogP contribution in [0, 0.1) is 0 Å². The van der Waals surface area contributed by atoms with Crippen LogP contribution in [-0.4, -0.2) is 25.7 Å². The molecule has 0 saturated heterocycles. The van der Waals surface area contributed by atoms with Gasteiger partial charge < -0.3 is 5.32 Å². The summed E-state index contributed by atoms with van der Waals surface area (Å²) in [5.74, 6) is 0.438. The lowest BCUT2D eigenvalue weighted by Gasteiger charge is -2.18. The minimum absolute atomic E-state index is 0.00770. The Balaban J connectivity index is 1.79. The summed E-state index contributed by atoms with van der Waals surface area (Å²) >= 11 is 0. The summed E-state index contributed by atoms with van der Waals surface area (Å²) in [6.45, 7) is 2.11. The maximum Gasteiger partial charge on any atom is 0.251 e. The van der Waals surface area contributed by atoms with Gasteiger partial charge in [-0.1, -0.05) is 43.7 Å². The van der Waals surface area contributed by atoms with Crippen LogP contribution in [0.15, 0.2) is 61.3 Å². The lowest BCUT2D eigenvalue weighted by molar-refractivity contribution is 0.0934. The number of carbonyl (C=O) groups excluding carboxylic acids is 1. The van der Waals surface area contributed by atoms with Crippen molar-refractivity contribution < 1.29 is 4.79 Å². The fourth-order valence-electron chi connectivity index (χ4n) is 2.55. The van der Waals surface area contributed by atoms with E-state index < -0.39 is 0 Å². The van der Waals surface area contributed by atoms with E-state index in [2.05, 4.69) is 27.3 Å². The zero-order valence-corrected chi connectivity index (χ0v) is 13.5. The number of rotatable bonds is 6. The Morgan fingerprint density at radius 1 is 1.25 bits per heavy atom. The van der Waals surface area contributed by atoms with Crippen LogP contribution in [0.25, 0.3) is 5.82 Å². The topological polar surface area (TPSA) is 72.7 Å². The fraction of sp³-hybridized carbons (Fsp3) is 0.222. The van der Waals surface area contributed by atoms with Gasteiger partial charge in [-0.15, -0.1) is 0 Å². The SMILES string of the molecule is CCCC(NC(=O)c1ccnc(-n2cncn2)c1)c1ccccc1. The Morgan fingerprint density at radius 3 is 2.79 bits per heavy atom. The molecule has 0 bridgehead atoms. The summed E-state index contributed by atoms with van der Waals surface area (Å²) in [7, 11) is 0. The van der Waals surface area contributed by atoms with Gasteiger partial charge in [0.25, 0.3) is 5.91 Å². The van der Waals surface area contributed by atoms with E-state index in [1.54, 1.807) is 24.7 Å². The van der Waals surface area contributed by atoms with Crippen LogP contribution >= 0.6 is 0 Å². The molecule has 1 unspecified atom stereocenters. The van der Waals surface area contributed by atoms with Crippen LogP contribution in [0.3, 0.4) is 0 Å². The highest BCUT2D eigenvalue weighted by molar-refractivity contribution is 5.94. The van der Waals surface area contributed by atoms with Crippen LogP contribution < -0.4 is 5.32 Å². The molecule has 0 aliphatic heterocycles. The molecular weight excluding hydrogens is 302 g/mol. The van der Waals surface area contributed by atoms with Crippen molar-refractivity contribution in [3.8, 4) is 5.82 Å². The Hall–Kier alpha value is -3.02. The molecule has 24 heavy (non-hydrogen) atoms. The molecule has 122 valence electrons. The Labute approximate surface area is 140 Å². The molecule has 1 aromatic carbocycles. The molecule has 6 heteroatoms. The van der Waals surface area contributed by atoms with E-state index in [1.165, 1.54) is 11.0 Å². The molecule has 6 nitrogen and oxygen atoms in total. The minimum atomic E-state index is -0.124. The number of aromatic nitrogens is 4. The maximum atomic E-state index is 12.6. The van der Waals surface area contributed by atoms with E-state index >= 15 is 0 Å². The van der Waals surface area contributed by atoms with Gasteiger partial charge in [-0.3, -0.25) is 4.79 Å². The number of pyridine rings is 1. The van der Waals surface area contributed by atoms with Crippen LogP contribution in [0.1, 0.15) is 41.7 Å². The number of benzene rings is 1. The molecule has 2 aromatic heterocycles. The summed E-state index contributed by atoms with van der Waals surface area (Å²) in [5, 5.41) is 7.15. The number of nitrogens with zero attached hydrogens (tertiary/aromatic N) is 4. The van der Waals surface area contributed by atoms with E-state index in [0.717, 1.165) is 18.4 Å². The molecule has 1 N–H and O–H groups in total. The molecule has 3 aromatic rings. The monoisotopic (exact) mass is 321 g/mol. The molecule has 1 atom stereocenters. The van der Waals surface area contributed by atoms with E-state index in [0.29, 0.717) is 11.4 Å². The molecular formula is C18H19N5O. The first-order valence-corrected chi connectivity index (χ1v) is 7.95. The number of hydrogen-bond acceptors (Lipinski definition) is 4. The minimum Gasteiger partial charge on any atom is -0.345 e. The highest BCUT2D eigenvalue weighted by Crippen LogP contribution is 2.19. The summed E-state index contributed by atoms with van der Waals surface area (Å²) in [6.07, 6.45) is 6.45. The van der Waals surface area contributed by atoms with E-state index in [4.69, 9.17) is 0 Å². The largest absolute Gasteiger partial charge is 0.345 e. The van der Waals surface area contributed by atoms with Gasteiger partial charge in [-0.25, -0.2) is 14.6 Å². The number of amides is 1. The first-order chi connectivity index (χ1) is 11.8. The standard InChI is InChI=1S/C18H19N5O/c1-2-6-16(14-7-4-3-5-8-14)22-18(24)15-9-10-20-17(11-15)23-13-19-12-21-23/h3-5,7-13,16H,2,6H2,1H3,(H,22,24). The van der Waals surface area contributed by atoms with Crippen LogP contribution in [0.2, 0.25) is 0 Å². The lowest BCUT2D eigenvalue weighted by Crippen LogP contribution is -2.28. The average Bonchev–Trinajstić information content (AvgIpc) is 3.17. The first kappa shape index (κ1) is 15.9. The Kier molecular flexibility index (Phi) is 4.96. The highest BCUT2D eigenvalue weighted by atomic mass is 16.1. The summed E-state index contributed by atoms with van der Waals surface area (Å²) in [4.78, 5) is 20.8. The van der Waals surface area contributed by atoms with Crippen LogP contribution in [0.4, 0.5) is 0 Å². The normalized spacial score (nSPS) is 11.9. The Morgan fingerprint density at radius 2 is 2.08 bits per heavy atom. The van der Waals surface area contributed by atoms with E-state index in [-0.39, 0.29) is 11.9 Å². The van der Waals surface area contributed by atoms with Gasteiger partial charge in [0, 0.05) is 11.8 Å². The second kappa shape index (κ2) is 7.50. The van der Waals surface area contributed by atoms with Crippen LogP contribution in [0.5, 0.6) is 0 Å². The third-order valence-corrected chi connectivity index (χ3v) is 3.75. The van der Waals surface area contributed by atoms with E-state index in [1.807, 2.05) is 30.3 Å². The second-order valence-corrected chi connectivity index (χ2v) is 5.47. The molecule has 0 radical (unpaired) electrons. The van der Waals surface area contributed by atoms with Crippen molar-refractivity contribution in [2.75, 3.05) is 0 Å². The van der Waals surface area contributed by atoms with Gasteiger partial charge >= 0.3 is 0 Å². The third kappa shape index (κ3) is 3.65. The zero-order valence-electron chi connectivity index (χ0n) is 13.5. The van der Waals surface area contributed by atoms with Gasteiger partial charge in [0.05, 0.1) is 6.04 Å². The summed E-state index contributed by atoms with van der Waals surface area (Å²) < 4.78 is 1.53. The molecule has 0 fully saturated rings. The number of hydrogen-bond donors (Lipinski definition) is 1. The molecule has 0 saturated carbocycles. The van der Waals surface area contributed by atoms with E-state index in [9.17, 15) is 4.79 Å². The van der Waals surface area contributed by atoms with Crippen molar-refractivity contribution in [1.29, 1.82) is 0 Å². The van der Waals surface area contributed by atoms with Crippen molar-refractivity contribution in [2.45, 2.75) is 25.8 Å². The quantitative estimate of drug-likeness (QED) is 0.757. The van der Waals surface area contributed by atoms with Gasteiger partial charge in [0.15, 0.2) is 5.82 Å². The molecule has 0 aliphatic rings. The van der Waals surface area contributed by atoms with Gasteiger partial charge in [0.2, 0.25) is 0 Å². The fourth-order valence-corrected chi connectivity index (χ4v) is 2.55. The third-order valence-electron chi connectivity index (χ3n) is 3.75. The van der Waals surface area contributed by atoms with Crippen LogP contribution in [-0.2, 0) is 0 Å². The van der Waals surface area contributed by atoms with Crippen molar-refractivity contribution in [3.63, 3.8) is 0 Å². The van der Waals surface area contributed by atoms with Gasteiger partial charge in [-0.2, -0.15) is 5.10 Å². The van der Waals surface area contributed by atoms with Crippen molar-refractivity contribution in [1.82, 2.24) is 25.1 Å². The molecule has 0 spiro atoms. The predicted octanol–water partition coefficient (Wildman–Crippen LogP) is 2.93. The van der Waals surface area contributed by atoms with Crippen molar-refractivity contribution in [2.24, 2.45) is 0 Å². The molecule has 1 amide bonds. The Bertz CT molecular complexity index is 786. The predicted molar refractivity (Wildman–Crippen MR) is 90.7 cm³/mol. The lowest BCUT2D eigenvalue weighted by atomic mass is 10.0. The summed E-state index contributed by atoms with van der Waals surface area (Å²) in [6, 6.07) is 13.4. The average molecular weight is 321 g/mol. The molecule has 3 rings (SSSR count).